The van der Waals surface area contributed by atoms with E-state index in [1.54, 1.807) is 0 Å². The molecule has 1 spiro atoms. The molecule has 434 valence electrons. The molecule has 0 bridgehead atoms. The van der Waals surface area contributed by atoms with Crippen LogP contribution in [0.4, 0.5) is 22.7 Å². The zero-order valence-electron chi connectivity index (χ0n) is 52.1. The maximum Gasteiger partial charge on any atom is 0.135 e. The summed E-state index contributed by atoms with van der Waals surface area (Å²) < 4.78 is 9.37. The Balaban J connectivity index is 0.00000686. The molecule has 0 atom stereocenters. The summed E-state index contributed by atoms with van der Waals surface area (Å²) in [6.45, 7) is 37.8. The molecule has 11 aromatic rings. The third-order valence-electron chi connectivity index (χ3n) is 18.5. The van der Waals surface area contributed by atoms with Crippen LogP contribution in [0.3, 0.4) is 0 Å². The number of ether oxygens (including phenoxy) is 1. The number of nitrogens with zero attached hydrogens (tertiary/aromatic N) is 6. The van der Waals surface area contributed by atoms with Gasteiger partial charge in [0.15, 0.2) is 0 Å². The fourth-order valence-electron chi connectivity index (χ4n) is 14.2. The molecule has 0 amide bonds. The monoisotopic (exact) mass is 1300 g/mol. The van der Waals surface area contributed by atoms with Gasteiger partial charge in [-0.05, 0) is 174 Å². The summed E-state index contributed by atoms with van der Waals surface area (Å²) in [7, 11) is 0. The first-order valence-electron chi connectivity index (χ1n) is 30.0. The molecule has 0 fully saturated rings. The molecular formula is C78H73N6OPt-3. The molecule has 3 aliphatic rings. The van der Waals surface area contributed by atoms with Crippen molar-refractivity contribution in [2.24, 2.45) is 0 Å². The first-order valence-corrected chi connectivity index (χ1v) is 30.0. The zero-order valence-corrected chi connectivity index (χ0v) is 54.3. The summed E-state index contributed by atoms with van der Waals surface area (Å²) in [4.78, 5) is 18.8. The molecule has 7 aromatic carbocycles. The van der Waals surface area contributed by atoms with E-state index in [2.05, 4.69) is 256 Å². The number of pyridine rings is 3. The van der Waals surface area contributed by atoms with Crippen LogP contribution in [-0.2, 0) is 48.1 Å². The van der Waals surface area contributed by atoms with Crippen LogP contribution < -0.4 is 14.5 Å². The zero-order chi connectivity index (χ0) is 59.4. The second-order valence-corrected chi connectivity index (χ2v) is 27.9. The molecule has 0 radical (unpaired) electrons. The van der Waals surface area contributed by atoms with Crippen molar-refractivity contribution in [3.8, 4) is 50.7 Å². The second kappa shape index (κ2) is 20.0. The Morgan fingerprint density at radius 2 is 1.05 bits per heavy atom. The Labute approximate surface area is 522 Å². The number of fused-ring (bicyclic) bond motifs is 12. The Bertz CT molecular complexity index is 4400. The molecule has 0 saturated carbocycles. The number of aromatic nitrogens is 4. The molecule has 14 rings (SSSR count). The molecule has 0 unspecified atom stereocenters. The van der Waals surface area contributed by atoms with Crippen molar-refractivity contribution in [1.82, 2.24) is 19.5 Å². The van der Waals surface area contributed by atoms with Gasteiger partial charge in [-0.1, -0.05) is 155 Å². The molecular weight excluding hydrogens is 1230 g/mol. The van der Waals surface area contributed by atoms with Crippen molar-refractivity contribution < 1.29 is 25.8 Å². The Hall–Kier alpha value is -8.12. The summed E-state index contributed by atoms with van der Waals surface area (Å²) in [5, 5.41) is 2.20. The Morgan fingerprint density at radius 1 is 0.488 bits per heavy atom. The largest absolute Gasteiger partial charge is 0.509 e. The Morgan fingerprint density at radius 3 is 1.60 bits per heavy atom. The van der Waals surface area contributed by atoms with Crippen LogP contribution in [0.2, 0.25) is 0 Å². The van der Waals surface area contributed by atoms with Crippen LogP contribution in [0.5, 0.6) is 11.5 Å². The minimum atomic E-state index is -0.825. The molecule has 1 aliphatic carbocycles. The van der Waals surface area contributed by atoms with Crippen molar-refractivity contribution in [3.63, 3.8) is 0 Å². The smallest absolute Gasteiger partial charge is 0.135 e. The van der Waals surface area contributed by atoms with Crippen LogP contribution in [0.25, 0.3) is 61.0 Å². The van der Waals surface area contributed by atoms with Crippen LogP contribution in [0.15, 0.2) is 164 Å². The van der Waals surface area contributed by atoms with Gasteiger partial charge in [0, 0.05) is 103 Å². The van der Waals surface area contributed by atoms with Gasteiger partial charge >= 0.3 is 0 Å². The van der Waals surface area contributed by atoms with E-state index in [1.165, 1.54) is 66.8 Å². The van der Waals surface area contributed by atoms with E-state index in [1.807, 2.05) is 55.2 Å². The van der Waals surface area contributed by atoms with Gasteiger partial charge in [-0.15, -0.1) is 41.9 Å². The molecule has 86 heavy (non-hydrogen) atoms. The standard InChI is InChI=1S/C78H73N6O.Pt/c1-46-47(2)68(49-30-35-79-36-31-49)73(69(48(46)3)50-32-37-80-38-33-50)82-45-83-66-44-54(85-53-26-28-56-55-21-16-17-23-63(55)84(65(56)43-53)67-25-18-19-34-81-67)27-29-59(66)78(60-22-20-24-64(82)72(60)83)70-57(39-51(74(4,5)6)41-61(70)76(10,11)12)58-40-52(75(7,8)9)42-62(71(58)78)77(13,14)15;/h16-42,45H,1-15H3;/q-3;. The SMILES string of the molecule is Cc1c(C)c(-c2ccncc2)c(N2[CH-]N3c4[c-]c(Oc5[c-]c6c(cc5)c5ccccc5n6-c5ccccn5)ccc4C4(c5cccc2c53)c2c(cc(C(C)(C)C)cc2C(C)(C)C)-c2cc(C(C)(C)C)cc(C(C)(C)C)c24)c(-c2ccncc2)c1C.[Pt]. The maximum atomic E-state index is 7.19. The molecule has 2 aliphatic heterocycles. The van der Waals surface area contributed by atoms with E-state index < -0.39 is 5.41 Å². The van der Waals surface area contributed by atoms with Gasteiger partial charge in [0.05, 0.1) is 0 Å². The number of anilines is 4. The van der Waals surface area contributed by atoms with Crippen molar-refractivity contribution in [2.75, 3.05) is 9.80 Å². The van der Waals surface area contributed by atoms with Gasteiger partial charge in [0.25, 0.3) is 0 Å². The summed E-state index contributed by atoms with van der Waals surface area (Å²) in [5.41, 5.74) is 25.8. The van der Waals surface area contributed by atoms with E-state index in [0.717, 1.165) is 78.2 Å². The van der Waals surface area contributed by atoms with E-state index in [9.17, 15) is 0 Å². The van der Waals surface area contributed by atoms with Crippen molar-refractivity contribution in [1.29, 1.82) is 0 Å². The minimum absolute atomic E-state index is 0. The molecule has 0 saturated heterocycles. The third-order valence-corrected chi connectivity index (χ3v) is 18.5. The summed E-state index contributed by atoms with van der Waals surface area (Å²) in [6, 6.07) is 57.0. The number of para-hydroxylation sites is 2. The van der Waals surface area contributed by atoms with Crippen LogP contribution in [-0.4, -0.2) is 19.5 Å². The predicted molar refractivity (Wildman–Crippen MR) is 351 cm³/mol. The first kappa shape index (κ1) is 57.0. The average molecular weight is 1310 g/mol. The fourth-order valence-corrected chi connectivity index (χ4v) is 14.2. The van der Waals surface area contributed by atoms with Gasteiger partial charge in [-0.25, -0.2) is 4.98 Å². The van der Waals surface area contributed by atoms with Gasteiger partial charge in [-0.2, -0.15) is 12.1 Å². The van der Waals surface area contributed by atoms with Crippen LogP contribution in [0.1, 0.15) is 144 Å². The number of benzene rings is 7. The summed E-state index contributed by atoms with van der Waals surface area (Å²) >= 11 is 0. The number of hydrogen-bond acceptors (Lipinski definition) is 6. The van der Waals surface area contributed by atoms with Crippen LogP contribution >= 0.6 is 0 Å². The number of rotatable bonds is 6. The van der Waals surface area contributed by atoms with Crippen molar-refractivity contribution >= 4 is 44.6 Å². The number of hydrogen-bond donors (Lipinski definition) is 0. The van der Waals surface area contributed by atoms with E-state index in [0.29, 0.717) is 11.5 Å². The Kier molecular flexibility index (Phi) is 13.2. The quantitative estimate of drug-likeness (QED) is 0.155. The maximum absolute atomic E-state index is 7.19. The minimum Gasteiger partial charge on any atom is -0.509 e. The third kappa shape index (κ3) is 8.56. The molecule has 8 heteroatoms. The van der Waals surface area contributed by atoms with Crippen LogP contribution in [0, 0.1) is 39.6 Å². The second-order valence-electron chi connectivity index (χ2n) is 27.9. The average Bonchev–Trinajstić information content (AvgIpc) is 1.45. The van der Waals surface area contributed by atoms with Gasteiger partial charge in [-0.3, -0.25) is 9.97 Å². The molecule has 7 nitrogen and oxygen atoms in total. The van der Waals surface area contributed by atoms with Gasteiger partial charge in [0.1, 0.15) is 5.82 Å². The topological polar surface area (TPSA) is 59.3 Å². The normalized spacial score (nSPS) is 14.1. The van der Waals surface area contributed by atoms with E-state index in [4.69, 9.17) is 9.72 Å². The fraction of sp³-hybridized carbons (Fsp3) is 0.256. The van der Waals surface area contributed by atoms with E-state index >= 15 is 0 Å². The predicted octanol–water partition coefficient (Wildman–Crippen LogP) is 19.9. The summed E-state index contributed by atoms with van der Waals surface area (Å²) in [6.07, 6.45) is 9.49. The van der Waals surface area contributed by atoms with Gasteiger partial charge in [0.2, 0.25) is 0 Å². The van der Waals surface area contributed by atoms with Crippen molar-refractivity contribution in [2.45, 2.75) is 131 Å². The molecule has 0 N–H and O–H groups in total. The molecule has 4 aromatic heterocycles. The van der Waals surface area contributed by atoms with E-state index in [-0.39, 0.29) is 42.7 Å². The van der Waals surface area contributed by atoms with Gasteiger partial charge < -0.3 is 19.1 Å². The summed E-state index contributed by atoms with van der Waals surface area (Å²) in [5.74, 6) is 1.99. The van der Waals surface area contributed by atoms with Crippen molar-refractivity contribution in [3.05, 3.63) is 244 Å². The first-order chi connectivity index (χ1) is 40.5. The molecule has 6 heterocycles.